The maximum absolute atomic E-state index is 9.44. The molecule has 0 saturated heterocycles. The molecule has 13 heavy (non-hydrogen) atoms. The Morgan fingerprint density at radius 2 is 1.85 bits per heavy atom. The highest BCUT2D eigenvalue weighted by Gasteiger charge is 2.15. The Bertz CT molecular complexity index is 129. The molecule has 80 valence electrons. The van der Waals surface area contributed by atoms with Gasteiger partial charge in [0, 0.05) is 6.04 Å². The number of rotatable bonds is 6. The van der Waals surface area contributed by atoms with Crippen LogP contribution in [0.1, 0.15) is 34.1 Å². The molecule has 0 aromatic carbocycles. The third-order valence-corrected chi connectivity index (χ3v) is 2.14. The standard InChI is InChI=1S/C10H23NO2/c1-8(2)9(7-12)11-6-5-10(3,4)13/h8-9,11-13H,5-7H2,1-4H3/t9-/m1/s1. The minimum atomic E-state index is -0.621. The van der Waals surface area contributed by atoms with Crippen LogP contribution >= 0.6 is 0 Å². The number of aliphatic hydroxyl groups excluding tert-OH is 1. The third-order valence-electron chi connectivity index (χ3n) is 2.14. The number of hydrogen-bond acceptors (Lipinski definition) is 3. The summed E-state index contributed by atoms with van der Waals surface area (Å²) in [5, 5.41) is 21.7. The lowest BCUT2D eigenvalue weighted by atomic mass is 10.0. The van der Waals surface area contributed by atoms with Gasteiger partial charge in [-0.1, -0.05) is 13.8 Å². The van der Waals surface area contributed by atoms with Crippen LogP contribution in [0.2, 0.25) is 0 Å². The second-order valence-corrected chi connectivity index (χ2v) is 4.55. The summed E-state index contributed by atoms with van der Waals surface area (Å²) in [6.07, 6.45) is 0.705. The van der Waals surface area contributed by atoms with Gasteiger partial charge in [0.1, 0.15) is 0 Å². The monoisotopic (exact) mass is 189 g/mol. The molecule has 0 rings (SSSR count). The minimum absolute atomic E-state index is 0.141. The molecule has 0 bridgehead atoms. The van der Waals surface area contributed by atoms with Gasteiger partial charge in [-0.05, 0) is 32.7 Å². The van der Waals surface area contributed by atoms with E-state index in [0.29, 0.717) is 12.3 Å². The van der Waals surface area contributed by atoms with Gasteiger partial charge in [-0.3, -0.25) is 0 Å². The minimum Gasteiger partial charge on any atom is -0.395 e. The summed E-state index contributed by atoms with van der Waals surface area (Å²) < 4.78 is 0. The summed E-state index contributed by atoms with van der Waals surface area (Å²) >= 11 is 0. The van der Waals surface area contributed by atoms with Gasteiger partial charge in [0.25, 0.3) is 0 Å². The Morgan fingerprint density at radius 3 is 2.15 bits per heavy atom. The van der Waals surface area contributed by atoms with Gasteiger partial charge in [0.05, 0.1) is 12.2 Å². The van der Waals surface area contributed by atoms with E-state index in [4.69, 9.17) is 5.11 Å². The van der Waals surface area contributed by atoms with Gasteiger partial charge in [-0.15, -0.1) is 0 Å². The van der Waals surface area contributed by atoms with Crippen LogP contribution in [0, 0.1) is 5.92 Å². The lowest BCUT2D eigenvalue weighted by Gasteiger charge is -2.23. The van der Waals surface area contributed by atoms with Gasteiger partial charge >= 0.3 is 0 Å². The van der Waals surface area contributed by atoms with Gasteiger partial charge in [-0.2, -0.15) is 0 Å². The summed E-state index contributed by atoms with van der Waals surface area (Å²) in [6.45, 7) is 8.61. The molecule has 0 aromatic heterocycles. The van der Waals surface area contributed by atoms with Crippen molar-refractivity contribution in [2.45, 2.75) is 45.8 Å². The first-order valence-electron chi connectivity index (χ1n) is 4.93. The van der Waals surface area contributed by atoms with Crippen molar-refractivity contribution in [3.05, 3.63) is 0 Å². The molecule has 0 aliphatic heterocycles. The fourth-order valence-electron chi connectivity index (χ4n) is 1.07. The van der Waals surface area contributed by atoms with E-state index in [2.05, 4.69) is 19.2 Å². The van der Waals surface area contributed by atoms with Crippen molar-refractivity contribution in [1.29, 1.82) is 0 Å². The van der Waals surface area contributed by atoms with Gasteiger partial charge < -0.3 is 15.5 Å². The smallest absolute Gasteiger partial charge is 0.0603 e. The van der Waals surface area contributed by atoms with Crippen LogP contribution in [-0.2, 0) is 0 Å². The maximum atomic E-state index is 9.44. The molecule has 3 N–H and O–H groups in total. The first-order valence-corrected chi connectivity index (χ1v) is 4.93. The fraction of sp³-hybridized carbons (Fsp3) is 1.00. The second-order valence-electron chi connectivity index (χ2n) is 4.55. The van der Waals surface area contributed by atoms with E-state index in [1.54, 1.807) is 13.8 Å². The molecule has 3 nitrogen and oxygen atoms in total. The zero-order valence-electron chi connectivity index (χ0n) is 9.17. The first kappa shape index (κ1) is 12.9. The molecular formula is C10H23NO2. The van der Waals surface area contributed by atoms with Crippen molar-refractivity contribution in [3.63, 3.8) is 0 Å². The molecule has 3 heteroatoms. The zero-order chi connectivity index (χ0) is 10.5. The third kappa shape index (κ3) is 6.99. The van der Waals surface area contributed by atoms with Crippen molar-refractivity contribution < 1.29 is 10.2 Å². The maximum Gasteiger partial charge on any atom is 0.0603 e. The molecule has 0 fully saturated rings. The van der Waals surface area contributed by atoms with E-state index in [1.165, 1.54) is 0 Å². The predicted octanol–water partition coefficient (Wildman–Crippen LogP) is 0.754. The predicted molar refractivity (Wildman–Crippen MR) is 54.6 cm³/mol. The van der Waals surface area contributed by atoms with Crippen molar-refractivity contribution in [1.82, 2.24) is 5.32 Å². The number of nitrogens with one attached hydrogen (secondary N) is 1. The van der Waals surface area contributed by atoms with Gasteiger partial charge in [0.2, 0.25) is 0 Å². The Hall–Kier alpha value is -0.120. The molecule has 0 amide bonds. The summed E-state index contributed by atoms with van der Waals surface area (Å²) in [6, 6.07) is 0.141. The Kier molecular flexibility index (Phi) is 5.53. The Labute approximate surface area is 81.2 Å². The van der Waals surface area contributed by atoms with Crippen LogP contribution in [0.15, 0.2) is 0 Å². The average Bonchev–Trinajstić information content (AvgIpc) is 1.95. The lowest BCUT2D eigenvalue weighted by Crippen LogP contribution is -2.39. The number of hydrogen-bond donors (Lipinski definition) is 3. The van der Waals surface area contributed by atoms with Crippen LogP contribution in [0.25, 0.3) is 0 Å². The van der Waals surface area contributed by atoms with E-state index < -0.39 is 5.60 Å². The van der Waals surface area contributed by atoms with Crippen molar-refractivity contribution >= 4 is 0 Å². The van der Waals surface area contributed by atoms with E-state index in [0.717, 1.165) is 6.54 Å². The molecule has 0 saturated carbocycles. The molecule has 0 aliphatic rings. The lowest BCUT2D eigenvalue weighted by molar-refractivity contribution is 0.0683. The van der Waals surface area contributed by atoms with Crippen LogP contribution < -0.4 is 5.32 Å². The van der Waals surface area contributed by atoms with Crippen LogP contribution in [0.5, 0.6) is 0 Å². The van der Waals surface area contributed by atoms with E-state index in [9.17, 15) is 5.11 Å². The zero-order valence-corrected chi connectivity index (χ0v) is 9.17. The average molecular weight is 189 g/mol. The molecule has 0 unspecified atom stereocenters. The number of aliphatic hydroxyl groups is 2. The molecular weight excluding hydrogens is 166 g/mol. The van der Waals surface area contributed by atoms with E-state index >= 15 is 0 Å². The summed E-state index contributed by atoms with van der Waals surface area (Å²) in [4.78, 5) is 0. The Morgan fingerprint density at radius 1 is 1.31 bits per heavy atom. The van der Waals surface area contributed by atoms with Crippen molar-refractivity contribution in [2.75, 3.05) is 13.2 Å². The van der Waals surface area contributed by atoms with Crippen LogP contribution in [-0.4, -0.2) is 35.0 Å². The topological polar surface area (TPSA) is 52.5 Å². The van der Waals surface area contributed by atoms with Crippen LogP contribution in [0.4, 0.5) is 0 Å². The SMILES string of the molecule is CC(C)[C@@H](CO)NCCC(C)(C)O. The van der Waals surface area contributed by atoms with E-state index in [-0.39, 0.29) is 12.6 Å². The van der Waals surface area contributed by atoms with Crippen molar-refractivity contribution in [2.24, 2.45) is 5.92 Å². The highest BCUT2D eigenvalue weighted by Crippen LogP contribution is 2.06. The van der Waals surface area contributed by atoms with Gasteiger partial charge in [-0.25, -0.2) is 0 Å². The molecule has 1 atom stereocenters. The second kappa shape index (κ2) is 5.58. The molecule has 0 spiro atoms. The highest BCUT2D eigenvalue weighted by molar-refractivity contribution is 4.72. The van der Waals surface area contributed by atoms with Crippen LogP contribution in [0.3, 0.4) is 0 Å². The molecule has 0 aromatic rings. The normalized spacial score (nSPS) is 15.0. The molecule has 0 aliphatic carbocycles. The van der Waals surface area contributed by atoms with Crippen molar-refractivity contribution in [3.8, 4) is 0 Å². The highest BCUT2D eigenvalue weighted by atomic mass is 16.3. The summed E-state index contributed by atoms with van der Waals surface area (Å²) in [5.74, 6) is 0.423. The first-order chi connectivity index (χ1) is 5.87. The quantitative estimate of drug-likeness (QED) is 0.578. The largest absolute Gasteiger partial charge is 0.395 e. The summed E-state index contributed by atoms with van der Waals surface area (Å²) in [7, 11) is 0. The van der Waals surface area contributed by atoms with Gasteiger partial charge in [0.15, 0.2) is 0 Å². The van der Waals surface area contributed by atoms with E-state index in [1.807, 2.05) is 0 Å². The molecule has 0 heterocycles. The molecule has 0 radical (unpaired) electrons. The fourth-order valence-corrected chi connectivity index (χ4v) is 1.07. The Balaban J connectivity index is 3.62. The summed E-state index contributed by atoms with van der Waals surface area (Å²) in [5.41, 5.74) is -0.621.